The fraction of sp³-hybridized carbons (Fsp3) is 0.417. The smallest absolute Gasteiger partial charge is 0.307 e. The number of benzene rings is 1. The minimum Gasteiger partial charge on any atom is -0.490 e. The van der Waals surface area contributed by atoms with Gasteiger partial charge in [-0.15, -0.1) is 0 Å². The third-order valence-corrected chi connectivity index (χ3v) is 2.06. The molecule has 1 aromatic carbocycles. The van der Waals surface area contributed by atoms with Gasteiger partial charge in [0.2, 0.25) is 0 Å². The second kappa shape index (κ2) is 6.06. The van der Waals surface area contributed by atoms with Gasteiger partial charge in [0, 0.05) is 0 Å². The van der Waals surface area contributed by atoms with E-state index >= 15 is 0 Å². The highest BCUT2D eigenvalue weighted by atomic mass is 16.5. The molecule has 82 valence electrons. The van der Waals surface area contributed by atoms with E-state index < -0.39 is 5.97 Å². The molecule has 1 atom stereocenters. The lowest BCUT2D eigenvalue weighted by atomic mass is 10.1. The summed E-state index contributed by atoms with van der Waals surface area (Å²) in [6.07, 6.45) is 1.52. The molecule has 0 aliphatic carbocycles. The molecule has 1 aromatic rings. The SMILES string of the molecule is CCCC(CC(=O)O)Oc1ccccc1. The lowest BCUT2D eigenvalue weighted by Crippen LogP contribution is -2.20. The summed E-state index contributed by atoms with van der Waals surface area (Å²) in [6, 6.07) is 9.33. The van der Waals surface area contributed by atoms with Crippen LogP contribution in [-0.2, 0) is 4.79 Å². The Hall–Kier alpha value is -1.51. The Kier molecular flexibility index (Phi) is 4.68. The van der Waals surface area contributed by atoms with Crippen LogP contribution in [0.1, 0.15) is 26.2 Å². The van der Waals surface area contributed by atoms with Gasteiger partial charge in [-0.2, -0.15) is 0 Å². The summed E-state index contributed by atoms with van der Waals surface area (Å²) < 4.78 is 5.58. The first-order valence-corrected chi connectivity index (χ1v) is 5.16. The lowest BCUT2D eigenvalue weighted by Gasteiger charge is -2.16. The summed E-state index contributed by atoms with van der Waals surface area (Å²) >= 11 is 0. The highest BCUT2D eigenvalue weighted by molar-refractivity contribution is 5.67. The van der Waals surface area contributed by atoms with Gasteiger partial charge in [-0.25, -0.2) is 0 Å². The molecular weight excluding hydrogens is 192 g/mol. The van der Waals surface area contributed by atoms with Crippen LogP contribution in [0.3, 0.4) is 0 Å². The largest absolute Gasteiger partial charge is 0.490 e. The molecule has 0 spiro atoms. The maximum absolute atomic E-state index is 10.6. The molecule has 0 bridgehead atoms. The molecule has 0 radical (unpaired) electrons. The standard InChI is InChI=1S/C12H16O3/c1-2-6-11(9-12(13)14)15-10-7-4-3-5-8-10/h3-5,7-8,11H,2,6,9H2,1H3,(H,13,14). The molecule has 0 aliphatic heterocycles. The second-order valence-corrected chi connectivity index (χ2v) is 3.44. The van der Waals surface area contributed by atoms with Crippen LogP contribution in [0.5, 0.6) is 5.75 Å². The first-order valence-electron chi connectivity index (χ1n) is 5.16. The molecule has 0 fully saturated rings. The molecule has 0 amide bonds. The summed E-state index contributed by atoms with van der Waals surface area (Å²) in [4.78, 5) is 10.6. The van der Waals surface area contributed by atoms with E-state index in [1.807, 2.05) is 37.3 Å². The zero-order valence-electron chi connectivity index (χ0n) is 8.85. The number of aliphatic carboxylic acids is 1. The molecule has 0 aliphatic rings. The van der Waals surface area contributed by atoms with Crippen molar-refractivity contribution in [2.24, 2.45) is 0 Å². The van der Waals surface area contributed by atoms with E-state index in [2.05, 4.69) is 0 Å². The number of ether oxygens (including phenoxy) is 1. The summed E-state index contributed by atoms with van der Waals surface area (Å²) in [5.41, 5.74) is 0. The molecule has 0 aromatic heterocycles. The summed E-state index contributed by atoms with van der Waals surface area (Å²) in [6.45, 7) is 2.02. The number of para-hydroxylation sites is 1. The van der Waals surface area contributed by atoms with Crippen LogP contribution in [0.25, 0.3) is 0 Å². The molecule has 15 heavy (non-hydrogen) atoms. The van der Waals surface area contributed by atoms with E-state index in [9.17, 15) is 4.79 Å². The Labute approximate surface area is 89.7 Å². The molecule has 1 rings (SSSR count). The van der Waals surface area contributed by atoms with Gasteiger partial charge < -0.3 is 9.84 Å². The molecule has 0 saturated heterocycles. The average molecular weight is 208 g/mol. The Bertz CT molecular complexity index is 295. The van der Waals surface area contributed by atoms with E-state index in [0.29, 0.717) is 0 Å². The first-order chi connectivity index (χ1) is 7.22. The fourth-order valence-corrected chi connectivity index (χ4v) is 1.41. The van der Waals surface area contributed by atoms with Crippen LogP contribution in [0.4, 0.5) is 0 Å². The van der Waals surface area contributed by atoms with Crippen LogP contribution in [-0.4, -0.2) is 17.2 Å². The summed E-state index contributed by atoms with van der Waals surface area (Å²) in [7, 11) is 0. The predicted molar refractivity (Wildman–Crippen MR) is 58.0 cm³/mol. The number of hydrogen-bond donors (Lipinski definition) is 1. The Balaban J connectivity index is 2.54. The van der Waals surface area contributed by atoms with Crippen LogP contribution >= 0.6 is 0 Å². The molecule has 3 heteroatoms. The van der Waals surface area contributed by atoms with E-state index in [0.717, 1.165) is 18.6 Å². The second-order valence-electron chi connectivity index (χ2n) is 3.44. The molecule has 0 saturated carbocycles. The summed E-state index contributed by atoms with van der Waals surface area (Å²) in [5.74, 6) is -0.0819. The van der Waals surface area contributed by atoms with E-state index in [-0.39, 0.29) is 12.5 Å². The molecule has 0 heterocycles. The monoisotopic (exact) mass is 208 g/mol. The van der Waals surface area contributed by atoms with Crippen molar-refractivity contribution in [2.75, 3.05) is 0 Å². The lowest BCUT2D eigenvalue weighted by molar-refractivity contribution is -0.138. The molecule has 3 nitrogen and oxygen atoms in total. The van der Waals surface area contributed by atoms with Crippen LogP contribution in [0, 0.1) is 0 Å². The van der Waals surface area contributed by atoms with Crippen molar-refractivity contribution < 1.29 is 14.6 Å². The number of carboxylic acid groups (broad SMARTS) is 1. The van der Waals surface area contributed by atoms with Crippen molar-refractivity contribution in [1.82, 2.24) is 0 Å². The Morgan fingerprint density at radius 1 is 1.40 bits per heavy atom. The number of carboxylic acids is 1. The third kappa shape index (κ3) is 4.49. The maximum Gasteiger partial charge on any atom is 0.307 e. The first kappa shape index (κ1) is 11.6. The minimum absolute atomic E-state index is 0.0583. The highest BCUT2D eigenvalue weighted by Crippen LogP contribution is 2.15. The number of carbonyl (C=O) groups is 1. The van der Waals surface area contributed by atoms with Crippen LogP contribution in [0.2, 0.25) is 0 Å². The van der Waals surface area contributed by atoms with Gasteiger partial charge in [-0.3, -0.25) is 4.79 Å². The molecule has 1 N–H and O–H groups in total. The number of hydrogen-bond acceptors (Lipinski definition) is 2. The Morgan fingerprint density at radius 3 is 2.60 bits per heavy atom. The third-order valence-electron chi connectivity index (χ3n) is 2.06. The van der Waals surface area contributed by atoms with Crippen molar-refractivity contribution in [1.29, 1.82) is 0 Å². The van der Waals surface area contributed by atoms with Gasteiger partial charge in [0.05, 0.1) is 6.42 Å². The van der Waals surface area contributed by atoms with Gasteiger partial charge in [-0.05, 0) is 18.6 Å². The highest BCUT2D eigenvalue weighted by Gasteiger charge is 2.13. The van der Waals surface area contributed by atoms with E-state index in [1.54, 1.807) is 0 Å². The van der Waals surface area contributed by atoms with Crippen molar-refractivity contribution in [3.8, 4) is 5.75 Å². The van der Waals surface area contributed by atoms with E-state index in [4.69, 9.17) is 9.84 Å². The van der Waals surface area contributed by atoms with Crippen molar-refractivity contribution in [3.63, 3.8) is 0 Å². The van der Waals surface area contributed by atoms with E-state index in [1.165, 1.54) is 0 Å². The molecular formula is C12H16O3. The maximum atomic E-state index is 10.6. The zero-order chi connectivity index (χ0) is 11.1. The quantitative estimate of drug-likeness (QED) is 0.781. The summed E-state index contributed by atoms with van der Waals surface area (Å²) in [5, 5.41) is 8.71. The van der Waals surface area contributed by atoms with Gasteiger partial charge in [0.1, 0.15) is 11.9 Å². The number of rotatable bonds is 6. The van der Waals surface area contributed by atoms with Crippen LogP contribution in [0.15, 0.2) is 30.3 Å². The van der Waals surface area contributed by atoms with Gasteiger partial charge >= 0.3 is 5.97 Å². The zero-order valence-corrected chi connectivity index (χ0v) is 8.85. The Morgan fingerprint density at radius 2 is 2.07 bits per heavy atom. The molecule has 1 unspecified atom stereocenters. The van der Waals surface area contributed by atoms with Crippen molar-refractivity contribution in [3.05, 3.63) is 30.3 Å². The van der Waals surface area contributed by atoms with Crippen LogP contribution < -0.4 is 4.74 Å². The minimum atomic E-state index is -0.815. The normalized spacial score (nSPS) is 12.1. The average Bonchev–Trinajstić information content (AvgIpc) is 2.18. The topological polar surface area (TPSA) is 46.5 Å². The predicted octanol–water partition coefficient (Wildman–Crippen LogP) is 2.71. The van der Waals surface area contributed by atoms with Gasteiger partial charge in [-0.1, -0.05) is 31.5 Å². The van der Waals surface area contributed by atoms with Gasteiger partial charge in [0.15, 0.2) is 0 Å². The van der Waals surface area contributed by atoms with Gasteiger partial charge in [0.25, 0.3) is 0 Å². The van der Waals surface area contributed by atoms with Crippen molar-refractivity contribution >= 4 is 5.97 Å². The fourth-order valence-electron chi connectivity index (χ4n) is 1.41. The van der Waals surface area contributed by atoms with Crippen molar-refractivity contribution in [2.45, 2.75) is 32.3 Å².